The van der Waals surface area contributed by atoms with Crippen molar-refractivity contribution in [2.75, 3.05) is 6.54 Å². The van der Waals surface area contributed by atoms with Crippen LogP contribution in [0.5, 0.6) is 0 Å². The third kappa shape index (κ3) is 3.91. The molecule has 0 amide bonds. The molecule has 0 fully saturated rings. The zero-order valence-electron chi connectivity index (χ0n) is 12.0. The molecule has 0 radical (unpaired) electrons. The minimum atomic E-state index is -3.57. The van der Waals surface area contributed by atoms with Gasteiger partial charge in [-0.05, 0) is 29.1 Å². The molecular weight excluding hydrogens is 306 g/mol. The van der Waals surface area contributed by atoms with Crippen molar-refractivity contribution in [2.45, 2.75) is 30.8 Å². The summed E-state index contributed by atoms with van der Waals surface area (Å²) in [6.45, 7) is 4.15. The Morgan fingerprint density at radius 2 is 2.00 bits per heavy atom. The Morgan fingerprint density at radius 1 is 1.24 bits per heavy atom. The van der Waals surface area contributed by atoms with Crippen molar-refractivity contribution in [3.8, 4) is 0 Å². The molecule has 4 nitrogen and oxygen atoms in total. The van der Waals surface area contributed by atoms with Gasteiger partial charge in [-0.15, -0.1) is 11.3 Å². The van der Waals surface area contributed by atoms with Crippen molar-refractivity contribution < 1.29 is 13.5 Å². The third-order valence-electron chi connectivity index (χ3n) is 3.28. The lowest BCUT2D eigenvalue weighted by Crippen LogP contribution is -2.36. The summed E-state index contributed by atoms with van der Waals surface area (Å²) in [4.78, 5) is 1.31. The van der Waals surface area contributed by atoms with Crippen molar-refractivity contribution in [3.05, 3.63) is 52.2 Å². The van der Waals surface area contributed by atoms with Gasteiger partial charge in [-0.2, -0.15) is 0 Å². The maximum atomic E-state index is 12.3. The van der Waals surface area contributed by atoms with Crippen molar-refractivity contribution in [3.63, 3.8) is 0 Å². The van der Waals surface area contributed by atoms with Crippen LogP contribution in [0, 0.1) is 0 Å². The largest absolute Gasteiger partial charge is 0.392 e. The second-order valence-electron chi connectivity index (χ2n) is 5.49. The van der Waals surface area contributed by atoms with E-state index in [-0.39, 0.29) is 16.9 Å². The molecule has 0 unspecified atom stereocenters. The molecule has 1 heterocycles. The predicted molar refractivity (Wildman–Crippen MR) is 84.9 cm³/mol. The number of benzene rings is 1. The molecule has 0 bridgehead atoms. The molecule has 2 aromatic rings. The van der Waals surface area contributed by atoms with Crippen LogP contribution in [0.25, 0.3) is 0 Å². The van der Waals surface area contributed by atoms with Crippen LogP contribution < -0.4 is 4.72 Å². The monoisotopic (exact) mass is 325 g/mol. The van der Waals surface area contributed by atoms with Gasteiger partial charge in [0.25, 0.3) is 0 Å². The van der Waals surface area contributed by atoms with Gasteiger partial charge >= 0.3 is 0 Å². The van der Waals surface area contributed by atoms with E-state index in [1.54, 1.807) is 23.5 Å². The standard InChI is InChI=1S/C15H19NO3S2/c1-15(2,14-7-4-8-20-14)11-16-21(18,19)13-6-3-5-12(9-13)10-17/h3-9,16-17H,10-11H2,1-2H3. The first-order chi connectivity index (χ1) is 9.85. The lowest BCUT2D eigenvalue weighted by Gasteiger charge is -2.23. The lowest BCUT2D eigenvalue weighted by molar-refractivity contribution is 0.281. The van der Waals surface area contributed by atoms with Crippen molar-refractivity contribution in [1.82, 2.24) is 4.72 Å². The lowest BCUT2D eigenvalue weighted by atomic mass is 9.92. The van der Waals surface area contributed by atoms with Crippen LogP contribution in [0.15, 0.2) is 46.7 Å². The van der Waals surface area contributed by atoms with Gasteiger partial charge in [0.15, 0.2) is 0 Å². The number of rotatable bonds is 6. The summed E-state index contributed by atoms with van der Waals surface area (Å²) in [5.74, 6) is 0. The Hall–Kier alpha value is -1.21. The van der Waals surface area contributed by atoms with E-state index < -0.39 is 10.0 Å². The maximum Gasteiger partial charge on any atom is 0.240 e. The fourth-order valence-electron chi connectivity index (χ4n) is 1.92. The molecule has 0 aliphatic carbocycles. The average molecular weight is 325 g/mol. The van der Waals surface area contributed by atoms with Gasteiger partial charge in [0, 0.05) is 16.8 Å². The maximum absolute atomic E-state index is 12.3. The minimum Gasteiger partial charge on any atom is -0.392 e. The molecule has 1 aromatic carbocycles. The molecule has 0 spiro atoms. The number of hydrogen-bond acceptors (Lipinski definition) is 4. The summed E-state index contributed by atoms with van der Waals surface area (Å²) >= 11 is 1.61. The van der Waals surface area contributed by atoms with E-state index in [1.165, 1.54) is 12.1 Å². The second kappa shape index (κ2) is 6.27. The first-order valence-electron chi connectivity index (χ1n) is 6.59. The van der Waals surface area contributed by atoms with Gasteiger partial charge < -0.3 is 5.11 Å². The average Bonchev–Trinajstić information content (AvgIpc) is 3.01. The van der Waals surface area contributed by atoms with Crippen molar-refractivity contribution in [1.29, 1.82) is 0 Å². The highest BCUT2D eigenvalue weighted by Gasteiger charge is 2.25. The molecule has 114 valence electrons. The first-order valence-corrected chi connectivity index (χ1v) is 8.95. The molecule has 1 aromatic heterocycles. The van der Waals surface area contributed by atoms with Gasteiger partial charge in [-0.3, -0.25) is 0 Å². The Bertz CT molecular complexity index is 691. The predicted octanol–water partition coefficient (Wildman–Crippen LogP) is 2.50. The molecule has 0 aliphatic heterocycles. The summed E-state index contributed by atoms with van der Waals surface area (Å²) in [6, 6.07) is 10.3. The zero-order chi connectivity index (χ0) is 15.5. The first kappa shape index (κ1) is 16.2. The third-order valence-corrected chi connectivity index (χ3v) is 5.92. The van der Waals surface area contributed by atoms with E-state index in [0.29, 0.717) is 12.1 Å². The van der Waals surface area contributed by atoms with Gasteiger partial charge in [0.2, 0.25) is 10.0 Å². The zero-order valence-corrected chi connectivity index (χ0v) is 13.7. The van der Waals surface area contributed by atoms with E-state index >= 15 is 0 Å². The summed E-state index contributed by atoms with van der Waals surface area (Å²) in [7, 11) is -3.57. The van der Waals surface area contributed by atoms with E-state index in [0.717, 1.165) is 4.88 Å². The van der Waals surface area contributed by atoms with Gasteiger partial charge in [-0.25, -0.2) is 13.1 Å². The SMILES string of the molecule is CC(C)(CNS(=O)(=O)c1cccc(CO)c1)c1cccs1. The number of sulfonamides is 1. The molecule has 21 heavy (non-hydrogen) atoms. The fourth-order valence-corrected chi connectivity index (χ4v) is 4.05. The minimum absolute atomic E-state index is 0.177. The second-order valence-corrected chi connectivity index (χ2v) is 8.21. The number of aliphatic hydroxyl groups excluding tert-OH is 1. The molecule has 0 saturated heterocycles. The highest BCUT2D eigenvalue weighted by atomic mass is 32.2. The number of nitrogens with one attached hydrogen (secondary N) is 1. The normalized spacial score (nSPS) is 12.5. The van der Waals surface area contributed by atoms with Crippen LogP contribution in [0.1, 0.15) is 24.3 Å². The number of thiophene rings is 1. The smallest absolute Gasteiger partial charge is 0.240 e. The number of hydrogen-bond donors (Lipinski definition) is 2. The van der Waals surface area contributed by atoms with E-state index in [2.05, 4.69) is 4.72 Å². The van der Waals surface area contributed by atoms with Crippen LogP contribution >= 0.6 is 11.3 Å². The summed E-state index contributed by atoms with van der Waals surface area (Å²) in [5.41, 5.74) is 0.311. The van der Waals surface area contributed by atoms with E-state index in [1.807, 2.05) is 31.4 Å². The quantitative estimate of drug-likeness (QED) is 0.857. The van der Waals surface area contributed by atoms with Crippen LogP contribution in [-0.4, -0.2) is 20.1 Å². The fraction of sp³-hybridized carbons (Fsp3) is 0.333. The van der Waals surface area contributed by atoms with Crippen molar-refractivity contribution >= 4 is 21.4 Å². The number of aliphatic hydroxyl groups is 1. The van der Waals surface area contributed by atoms with Crippen LogP contribution in [0.3, 0.4) is 0 Å². The van der Waals surface area contributed by atoms with Gasteiger partial charge in [-0.1, -0.05) is 32.0 Å². The van der Waals surface area contributed by atoms with E-state index in [9.17, 15) is 8.42 Å². The van der Waals surface area contributed by atoms with Gasteiger partial charge in [0.05, 0.1) is 11.5 Å². The highest BCUT2D eigenvalue weighted by Crippen LogP contribution is 2.27. The molecule has 2 N–H and O–H groups in total. The Labute approximate surface area is 129 Å². The van der Waals surface area contributed by atoms with Crippen molar-refractivity contribution in [2.24, 2.45) is 0 Å². The molecule has 2 rings (SSSR count). The highest BCUT2D eigenvalue weighted by molar-refractivity contribution is 7.89. The molecule has 0 aliphatic rings. The molecular formula is C15H19NO3S2. The summed E-state index contributed by atoms with van der Waals surface area (Å²) < 4.78 is 27.3. The Kier molecular flexibility index (Phi) is 4.83. The van der Waals surface area contributed by atoms with Crippen LogP contribution in [0.4, 0.5) is 0 Å². The Morgan fingerprint density at radius 3 is 2.62 bits per heavy atom. The molecule has 0 atom stereocenters. The Balaban J connectivity index is 2.14. The van der Waals surface area contributed by atoms with Crippen LogP contribution in [-0.2, 0) is 22.0 Å². The molecule has 0 saturated carbocycles. The molecule has 6 heteroatoms. The summed E-state index contributed by atoms with van der Waals surface area (Å²) in [6.07, 6.45) is 0. The van der Waals surface area contributed by atoms with Gasteiger partial charge in [0.1, 0.15) is 0 Å². The van der Waals surface area contributed by atoms with E-state index in [4.69, 9.17) is 5.11 Å². The topological polar surface area (TPSA) is 66.4 Å². The summed E-state index contributed by atoms with van der Waals surface area (Å²) in [5, 5.41) is 11.1. The van der Waals surface area contributed by atoms with Crippen LogP contribution in [0.2, 0.25) is 0 Å².